The van der Waals surface area contributed by atoms with E-state index in [0.29, 0.717) is 0 Å². The van der Waals surface area contributed by atoms with Crippen LogP contribution in [0.2, 0.25) is 0 Å². The Bertz CT molecular complexity index is 142. The normalized spacial score (nSPS) is 14.4. The van der Waals surface area contributed by atoms with Crippen LogP contribution in [0, 0.1) is 0 Å². The van der Waals surface area contributed by atoms with Crippen LogP contribution in [0.25, 0.3) is 0 Å². The summed E-state index contributed by atoms with van der Waals surface area (Å²) >= 11 is 3.44. The van der Waals surface area contributed by atoms with Crippen LogP contribution in [0.15, 0.2) is 0 Å². The van der Waals surface area contributed by atoms with Gasteiger partial charge in [-0.25, -0.2) is 0 Å². The van der Waals surface area contributed by atoms with E-state index in [-0.39, 0.29) is 31.0 Å². The van der Waals surface area contributed by atoms with Gasteiger partial charge >= 0.3 is 29.6 Å². The number of hydrogen-bond donors (Lipinski definition) is 2. The van der Waals surface area contributed by atoms with Gasteiger partial charge in [0.2, 0.25) is 0 Å². The fourth-order valence-corrected chi connectivity index (χ4v) is 0. The van der Waals surface area contributed by atoms with Gasteiger partial charge in [0.05, 0.1) is 0 Å². The van der Waals surface area contributed by atoms with Gasteiger partial charge in [0.15, 0.2) is 0 Å². The Labute approximate surface area is 77.8 Å². The van der Waals surface area contributed by atoms with Crippen LogP contribution in [0.5, 0.6) is 0 Å². The zero-order chi connectivity index (χ0) is 6.08. The molecule has 0 radical (unpaired) electrons. The average molecular weight is 166 g/mol. The van der Waals surface area contributed by atoms with Crippen molar-refractivity contribution in [3.05, 3.63) is 0 Å². The van der Waals surface area contributed by atoms with Crippen LogP contribution >= 0.6 is 12.6 Å². The van der Waals surface area contributed by atoms with Crippen molar-refractivity contribution in [3.63, 3.8) is 0 Å². The summed E-state index contributed by atoms with van der Waals surface area (Å²) in [7, 11) is -3.88. The summed E-state index contributed by atoms with van der Waals surface area (Å²) in [5.74, 6) is 0. The van der Waals surface area contributed by atoms with Crippen LogP contribution in [0.4, 0.5) is 0 Å². The van der Waals surface area contributed by atoms with E-state index in [1.165, 1.54) is 6.92 Å². The van der Waals surface area contributed by atoms with Gasteiger partial charge in [-0.15, -0.1) is 0 Å². The van der Waals surface area contributed by atoms with Gasteiger partial charge in [-0.3, -0.25) is 4.55 Å². The third-order valence-corrected chi connectivity index (χ3v) is 2.09. The second-order valence-corrected chi connectivity index (χ2v) is 3.98. The maximum atomic E-state index is 9.81. The van der Waals surface area contributed by atoms with E-state index >= 15 is 0 Å². The quantitative estimate of drug-likeness (QED) is 0.252. The van der Waals surface area contributed by atoms with E-state index in [1.54, 1.807) is 0 Å². The van der Waals surface area contributed by atoms with Crippen molar-refractivity contribution in [2.45, 2.75) is 11.5 Å². The van der Waals surface area contributed by atoms with Gasteiger partial charge in [0.1, 0.15) is 4.58 Å². The first-order chi connectivity index (χ1) is 2.94. The monoisotopic (exact) mass is 166 g/mol. The summed E-state index contributed by atoms with van der Waals surface area (Å²) in [6.07, 6.45) is 0. The van der Waals surface area contributed by atoms with Gasteiger partial charge < -0.3 is 1.43 Å². The minimum atomic E-state index is -3.88. The summed E-state index contributed by atoms with van der Waals surface area (Å²) in [4.78, 5) is 0. The zero-order valence-corrected chi connectivity index (χ0v) is 8.41. The summed E-state index contributed by atoms with van der Waals surface area (Å²) in [6, 6.07) is 0. The third kappa shape index (κ3) is 5.40. The van der Waals surface area contributed by atoms with Crippen LogP contribution in [-0.4, -0.2) is 17.6 Å². The Morgan fingerprint density at radius 2 is 1.88 bits per heavy atom. The third-order valence-electron chi connectivity index (χ3n) is 0.431. The van der Waals surface area contributed by atoms with Gasteiger partial charge in [-0.05, 0) is 6.92 Å². The summed E-state index contributed by atoms with van der Waals surface area (Å²) in [5.41, 5.74) is 0. The maximum Gasteiger partial charge on any atom is 1.00 e. The van der Waals surface area contributed by atoms with E-state index in [9.17, 15) is 8.42 Å². The molecule has 0 saturated heterocycles. The minimum absolute atomic E-state index is 0. The summed E-state index contributed by atoms with van der Waals surface area (Å²) in [6.45, 7) is 1.28. The molecule has 0 aromatic heterocycles. The van der Waals surface area contributed by atoms with Crippen LogP contribution in [0.1, 0.15) is 8.35 Å². The Balaban J connectivity index is -0.000000180. The van der Waals surface area contributed by atoms with Crippen LogP contribution < -0.4 is 29.6 Å². The zero-order valence-electron chi connectivity index (χ0n) is 5.70. The summed E-state index contributed by atoms with van der Waals surface area (Å²) < 4.78 is 26.6. The second kappa shape index (κ2) is 4.14. The molecule has 0 aliphatic heterocycles. The SMILES string of the molecule is CC(S)S(=O)(=O)O.[H-].[Na+]. The van der Waals surface area contributed by atoms with Gasteiger partial charge in [0.25, 0.3) is 10.1 Å². The van der Waals surface area contributed by atoms with Crippen molar-refractivity contribution in [1.82, 2.24) is 0 Å². The molecule has 0 aliphatic carbocycles. The van der Waals surface area contributed by atoms with Crippen molar-refractivity contribution in [2.75, 3.05) is 0 Å². The topological polar surface area (TPSA) is 54.4 Å². The van der Waals surface area contributed by atoms with E-state index in [0.717, 1.165) is 0 Å². The van der Waals surface area contributed by atoms with Gasteiger partial charge in [0, 0.05) is 0 Å². The molecule has 46 valence electrons. The molecule has 0 aromatic carbocycles. The van der Waals surface area contributed by atoms with E-state index in [4.69, 9.17) is 4.55 Å². The van der Waals surface area contributed by atoms with Crippen LogP contribution in [0.3, 0.4) is 0 Å². The number of hydrogen-bond acceptors (Lipinski definition) is 3. The smallest absolute Gasteiger partial charge is 1.00 e. The first-order valence-corrected chi connectivity index (χ1v) is 3.61. The number of thiol groups is 1. The molecule has 0 aromatic rings. The standard InChI is InChI=1S/C2H6O3S2.Na.H/c1-2(6)7(3,4)5;;/h2,6H,1H3,(H,3,4,5);;/q;+1;-1. The largest absolute Gasteiger partial charge is 1.00 e. The molecule has 0 spiro atoms. The molecule has 1 atom stereocenters. The van der Waals surface area contributed by atoms with Gasteiger partial charge in [-0.2, -0.15) is 21.0 Å². The van der Waals surface area contributed by atoms with Crippen molar-refractivity contribution in [3.8, 4) is 0 Å². The fourth-order valence-electron chi connectivity index (χ4n) is 0. The van der Waals surface area contributed by atoms with Crippen molar-refractivity contribution in [1.29, 1.82) is 0 Å². The van der Waals surface area contributed by atoms with E-state index in [1.807, 2.05) is 0 Å². The van der Waals surface area contributed by atoms with Crippen molar-refractivity contribution >= 4 is 22.7 Å². The molecule has 1 N–H and O–H groups in total. The van der Waals surface area contributed by atoms with E-state index < -0.39 is 14.7 Å². The number of rotatable bonds is 1. The molecule has 0 aliphatic rings. The molecule has 0 bridgehead atoms. The molecule has 6 heteroatoms. The van der Waals surface area contributed by atoms with E-state index in [2.05, 4.69) is 12.6 Å². The molecule has 0 rings (SSSR count). The molecule has 0 amide bonds. The molecule has 8 heavy (non-hydrogen) atoms. The predicted octanol–water partition coefficient (Wildman–Crippen LogP) is -2.73. The Hall–Kier alpha value is 1.26. The molecule has 3 nitrogen and oxygen atoms in total. The molecule has 0 heterocycles. The molecular formula is C2H7NaO3S2. The van der Waals surface area contributed by atoms with Crippen molar-refractivity contribution < 1.29 is 44.0 Å². The Kier molecular flexibility index (Phi) is 6.20. The maximum absolute atomic E-state index is 9.81. The first-order valence-electron chi connectivity index (χ1n) is 1.59. The van der Waals surface area contributed by atoms with Gasteiger partial charge in [-0.1, -0.05) is 0 Å². The fraction of sp³-hybridized carbons (Fsp3) is 1.00. The van der Waals surface area contributed by atoms with Crippen molar-refractivity contribution in [2.24, 2.45) is 0 Å². The summed E-state index contributed by atoms with van der Waals surface area (Å²) in [5, 5.41) is 0. The Morgan fingerprint density at radius 1 is 1.75 bits per heavy atom. The molecule has 1 unspecified atom stereocenters. The average Bonchev–Trinajstić information content (AvgIpc) is 1.31. The minimum Gasteiger partial charge on any atom is -1.00 e. The molecular weight excluding hydrogens is 159 g/mol. The predicted molar refractivity (Wildman–Crippen MR) is 31.1 cm³/mol. The first kappa shape index (κ1) is 12.0. The second-order valence-electron chi connectivity index (χ2n) is 1.11. The molecule has 0 fully saturated rings. The van der Waals surface area contributed by atoms with Crippen LogP contribution in [-0.2, 0) is 10.1 Å². The Morgan fingerprint density at radius 3 is 1.88 bits per heavy atom. The molecule has 0 saturated carbocycles.